The molecule has 2 rings (SSSR count). The van der Waals surface area contributed by atoms with E-state index in [1.807, 2.05) is 12.1 Å². The summed E-state index contributed by atoms with van der Waals surface area (Å²) in [4.78, 5) is 10.9. The molecular weight excluding hydrogens is 232 g/mol. The molecule has 0 atom stereocenters. The summed E-state index contributed by atoms with van der Waals surface area (Å²) in [6.45, 7) is 4.13. The topological polar surface area (TPSA) is 17.1 Å². The summed E-state index contributed by atoms with van der Waals surface area (Å²) >= 11 is 5.92. The van der Waals surface area contributed by atoms with E-state index in [2.05, 4.69) is 32.0 Å². The summed E-state index contributed by atoms with van der Waals surface area (Å²) in [7, 11) is 0. The van der Waals surface area contributed by atoms with Crippen molar-refractivity contribution in [1.29, 1.82) is 0 Å². The van der Waals surface area contributed by atoms with Crippen molar-refractivity contribution in [3.8, 4) is 11.1 Å². The number of hydrogen-bond acceptors (Lipinski definition) is 1. The molecule has 86 valence electrons. The number of aldehydes is 1. The highest BCUT2D eigenvalue weighted by Crippen LogP contribution is 2.27. The molecule has 0 spiro atoms. The highest BCUT2D eigenvalue weighted by molar-refractivity contribution is 6.33. The first kappa shape index (κ1) is 11.9. The molecule has 0 aromatic heterocycles. The number of hydrogen-bond donors (Lipinski definition) is 0. The van der Waals surface area contributed by atoms with Gasteiger partial charge in [0.25, 0.3) is 0 Å². The second-order valence-electron chi connectivity index (χ2n) is 4.17. The van der Waals surface area contributed by atoms with Crippen LogP contribution in [0.1, 0.15) is 21.5 Å². The number of benzene rings is 2. The van der Waals surface area contributed by atoms with E-state index < -0.39 is 0 Å². The lowest BCUT2D eigenvalue weighted by molar-refractivity contribution is 0.112. The molecule has 0 aliphatic heterocycles. The predicted molar refractivity (Wildman–Crippen MR) is 71.7 cm³/mol. The molecule has 1 nitrogen and oxygen atoms in total. The van der Waals surface area contributed by atoms with Crippen LogP contribution in [0, 0.1) is 13.8 Å². The van der Waals surface area contributed by atoms with E-state index in [1.165, 1.54) is 11.1 Å². The van der Waals surface area contributed by atoms with Crippen molar-refractivity contribution < 1.29 is 4.79 Å². The molecule has 17 heavy (non-hydrogen) atoms. The van der Waals surface area contributed by atoms with Crippen LogP contribution in [0.3, 0.4) is 0 Å². The summed E-state index contributed by atoms with van der Waals surface area (Å²) < 4.78 is 0. The normalized spacial score (nSPS) is 10.3. The zero-order chi connectivity index (χ0) is 12.4. The predicted octanol–water partition coefficient (Wildman–Crippen LogP) is 4.44. The van der Waals surface area contributed by atoms with Crippen LogP contribution in [0.5, 0.6) is 0 Å². The minimum Gasteiger partial charge on any atom is -0.298 e. The fraction of sp³-hybridized carbons (Fsp3) is 0.133. The van der Waals surface area contributed by atoms with Crippen molar-refractivity contribution in [1.82, 2.24) is 0 Å². The summed E-state index contributed by atoms with van der Waals surface area (Å²) in [6, 6.07) is 11.8. The Morgan fingerprint density at radius 1 is 1.06 bits per heavy atom. The first-order chi connectivity index (χ1) is 8.11. The Kier molecular flexibility index (Phi) is 3.30. The largest absolute Gasteiger partial charge is 0.298 e. The maximum Gasteiger partial charge on any atom is 0.151 e. The number of carbonyl (C=O) groups excluding carboxylic acids is 1. The molecule has 0 N–H and O–H groups in total. The van der Waals surface area contributed by atoms with E-state index in [1.54, 1.807) is 6.07 Å². The molecule has 0 radical (unpaired) electrons. The van der Waals surface area contributed by atoms with Crippen LogP contribution < -0.4 is 0 Å². The summed E-state index contributed by atoms with van der Waals surface area (Å²) in [5.74, 6) is 0. The van der Waals surface area contributed by atoms with Gasteiger partial charge in [-0.05, 0) is 42.7 Å². The van der Waals surface area contributed by atoms with Crippen molar-refractivity contribution in [2.75, 3.05) is 0 Å². The number of aryl methyl sites for hydroxylation is 2. The molecule has 2 aromatic rings. The maximum atomic E-state index is 10.9. The third-order valence-electron chi connectivity index (χ3n) is 2.82. The zero-order valence-electron chi connectivity index (χ0n) is 9.83. The quantitative estimate of drug-likeness (QED) is 0.714. The van der Waals surface area contributed by atoms with Crippen LogP contribution in [-0.2, 0) is 0 Å². The number of halogens is 1. The van der Waals surface area contributed by atoms with Gasteiger partial charge in [-0.25, -0.2) is 0 Å². The van der Waals surface area contributed by atoms with Crippen LogP contribution in [0.15, 0.2) is 36.4 Å². The lowest BCUT2D eigenvalue weighted by Crippen LogP contribution is -1.88. The Labute approximate surface area is 106 Å². The third-order valence-corrected chi connectivity index (χ3v) is 3.16. The van der Waals surface area contributed by atoms with Crippen LogP contribution in [0.25, 0.3) is 11.1 Å². The first-order valence-electron chi connectivity index (χ1n) is 5.44. The van der Waals surface area contributed by atoms with E-state index in [0.29, 0.717) is 10.6 Å². The standard InChI is InChI=1S/C15H13ClO/c1-10-3-5-14(11(2)7-10)12-4-6-15(16)13(8-12)9-17/h3-9H,1-2H3. The van der Waals surface area contributed by atoms with Gasteiger partial charge < -0.3 is 0 Å². The average Bonchev–Trinajstić information content (AvgIpc) is 2.30. The fourth-order valence-corrected chi connectivity index (χ4v) is 2.10. The molecule has 0 saturated heterocycles. The van der Waals surface area contributed by atoms with E-state index >= 15 is 0 Å². The van der Waals surface area contributed by atoms with E-state index in [0.717, 1.165) is 17.4 Å². The monoisotopic (exact) mass is 244 g/mol. The fourth-order valence-electron chi connectivity index (χ4n) is 1.94. The van der Waals surface area contributed by atoms with Crippen molar-refractivity contribution in [3.05, 3.63) is 58.1 Å². The van der Waals surface area contributed by atoms with Crippen molar-refractivity contribution in [2.24, 2.45) is 0 Å². The van der Waals surface area contributed by atoms with E-state index in [4.69, 9.17) is 11.6 Å². The molecular formula is C15H13ClO. The number of rotatable bonds is 2. The Morgan fingerprint density at radius 3 is 2.47 bits per heavy atom. The van der Waals surface area contributed by atoms with E-state index in [-0.39, 0.29) is 0 Å². The van der Waals surface area contributed by atoms with Gasteiger partial charge in [0, 0.05) is 5.56 Å². The Hall–Kier alpha value is -1.60. The van der Waals surface area contributed by atoms with Crippen LogP contribution in [0.2, 0.25) is 5.02 Å². The van der Waals surface area contributed by atoms with Gasteiger partial charge in [0.1, 0.15) is 0 Å². The molecule has 0 fully saturated rings. The van der Waals surface area contributed by atoms with Crippen LogP contribution >= 0.6 is 11.6 Å². The minimum atomic E-state index is 0.494. The SMILES string of the molecule is Cc1ccc(-c2ccc(Cl)c(C=O)c2)c(C)c1. The highest BCUT2D eigenvalue weighted by atomic mass is 35.5. The van der Waals surface area contributed by atoms with Gasteiger partial charge in [0.2, 0.25) is 0 Å². The zero-order valence-corrected chi connectivity index (χ0v) is 10.6. The van der Waals surface area contributed by atoms with Crippen molar-refractivity contribution in [2.45, 2.75) is 13.8 Å². The molecule has 0 aliphatic carbocycles. The molecule has 2 heteroatoms. The molecule has 0 unspecified atom stereocenters. The lowest BCUT2D eigenvalue weighted by Gasteiger charge is -2.08. The smallest absolute Gasteiger partial charge is 0.151 e. The first-order valence-corrected chi connectivity index (χ1v) is 5.82. The summed E-state index contributed by atoms with van der Waals surface area (Å²) in [5, 5.41) is 0.494. The number of carbonyl (C=O) groups is 1. The van der Waals surface area contributed by atoms with Gasteiger partial charge in [-0.1, -0.05) is 41.4 Å². The Morgan fingerprint density at radius 2 is 1.82 bits per heavy atom. The molecule has 2 aromatic carbocycles. The second kappa shape index (κ2) is 4.72. The second-order valence-corrected chi connectivity index (χ2v) is 4.58. The maximum absolute atomic E-state index is 10.9. The van der Waals surface area contributed by atoms with Gasteiger partial charge in [0.15, 0.2) is 6.29 Å². The van der Waals surface area contributed by atoms with Gasteiger partial charge in [-0.15, -0.1) is 0 Å². The van der Waals surface area contributed by atoms with Gasteiger partial charge >= 0.3 is 0 Å². The van der Waals surface area contributed by atoms with Crippen molar-refractivity contribution in [3.63, 3.8) is 0 Å². The van der Waals surface area contributed by atoms with Crippen LogP contribution in [-0.4, -0.2) is 6.29 Å². The Balaban J connectivity index is 2.56. The van der Waals surface area contributed by atoms with Gasteiger partial charge in [-0.2, -0.15) is 0 Å². The van der Waals surface area contributed by atoms with Crippen LogP contribution in [0.4, 0.5) is 0 Å². The highest BCUT2D eigenvalue weighted by Gasteiger charge is 2.05. The lowest BCUT2D eigenvalue weighted by atomic mass is 9.97. The molecule has 0 amide bonds. The Bertz CT molecular complexity index is 573. The third kappa shape index (κ3) is 2.40. The van der Waals surface area contributed by atoms with Gasteiger partial charge in [0.05, 0.1) is 5.02 Å². The average molecular weight is 245 g/mol. The van der Waals surface area contributed by atoms with E-state index in [9.17, 15) is 4.79 Å². The summed E-state index contributed by atoms with van der Waals surface area (Å²) in [5.41, 5.74) is 5.12. The molecule has 0 bridgehead atoms. The van der Waals surface area contributed by atoms with Crippen molar-refractivity contribution >= 4 is 17.9 Å². The van der Waals surface area contributed by atoms with Gasteiger partial charge in [-0.3, -0.25) is 4.79 Å². The molecule has 0 saturated carbocycles. The minimum absolute atomic E-state index is 0.494. The summed E-state index contributed by atoms with van der Waals surface area (Å²) in [6.07, 6.45) is 0.787. The molecule has 0 heterocycles. The molecule has 0 aliphatic rings.